The molecule has 1 heterocycles. The van der Waals surface area contributed by atoms with Crippen molar-refractivity contribution >= 4 is 27.0 Å². The topological polar surface area (TPSA) is 67.6 Å². The summed E-state index contributed by atoms with van der Waals surface area (Å²) in [5, 5.41) is 0.293. The molecular formula is C16H20FNO4S. The molecule has 2 aromatic rings. The maximum Gasteiger partial charge on any atom is 0.322 e. The fraction of sp³-hybridized carbons (Fsp3) is 0.438. The van der Waals surface area contributed by atoms with E-state index < -0.39 is 27.0 Å². The number of likely N-dealkylation sites (N-methyl/N-ethyl adjacent to an activating group) is 1. The van der Waals surface area contributed by atoms with Crippen molar-refractivity contribution in [1.82, 2.24) is 4.31 Å². The van der Waals surface area contributed by atoms with Gasteiger partial charge in [-0.25, -0.2) is 8.42 Å². The molecule has 0 saturated carbocycles. The molecule has 0 fully saturated rings. The van der Waals surface area contributed by atoms with E-state index in [-0.39, 0.29) is 5.09 Å². The van der Waals surface area contributed by atoms with Crippen LogP contribution in [0.1, 0.15) is 27.7 Å². The summed E-state index contributed by atoms with van der Waals surface area (Å²) in [7, 11) is -3.00. The Morgan fingerprint density at radius 1 is 1.17 bits per heavy atom. The van der Waals surface area contributed by atoms with E-state index in [4.69, 9.17) is 4.42 Å². The number of carbonyl (C=O) groups is 1. The zero-order chi connectivity index (χ0) is 17.6. The zero-order valence-corrected chi connectivity index (χ0v) is 14.6. The predicted molar refractivity (Wildman–Crippen MR) is 85.1 cm³/mol. The first-order chi connectivity index (χ1) is 10.4. The number of para-hydroxylation sites is 1. The van der Waals surface area contributed by atoms with Gasteiger partial charge >= 0.3 is 6.04 Å². The zero-order valence-electron chi connectivity index (χ0n) is 13.8. The quantitative estimate of drug-likeness (QED) is 0.800. The highest BCUT2D eigenvalue weighted by Gasteiger charge is 2.53. The Morgan fingerprint density at radius 3 is 2.22 bits per heavy atom. The monoisotopic (exact) mass is 341 g/mol. The molecule has 0 spiro atoms. The molecule has 0 N–H and O–H groups in total. The van der Waals surface area contributed by atoms with Crippen molar-refractivity contribution < 1.29 is 22.0 Å². The van der Waals surface area contributed by atoms with Crippen LogP contribution in [0.5, 0.6) is 0 Å². The number of hydrogen-bond donors (Lipinski definition) is 0. The van der Waals surface area contributed by atoms with Crippen molar-refractivity contribution in [3.8, 4) is 0 Å². The Hall–Kier alpha value is -1.73. The summed E-state index contributed by atoms with van der Waals surface area (Å²) in [6.07, 6.45) is 0. The number of rotatable bonds is 4. The number of carbonyl (C=O) groups excluding carboxylic acids is 1. The van der Waals surface area contributed by atoms with Crippen LogP contribution in [-0.2, 0) is 14.8 Å². The van der Waals surface area contributed by atoms with E-state index in [1.165, 1.54) is 20.0 Å². The van der Waals surface area contributed by atoms with E-state index in [9.17, 15) is 17.6 Å². The molecular weight excluding hydrogens is 321 g/mol. The van der Waals surface area contributed by atoms with Crippen molar-refractivity contribution in [2.45, 2.75) is 38.3 Å². The van der Waals surface area contributed by atoms with E-state index in [0.29, 0.717) is 11.0 Å². The molecule has 0 amide bonds. The fourth-order valence-corrected chi connectivity index (χ4v) is 3.92. The van der Waals surface area contributed by atoms with Gasteiger partial charge in [-0.3, -0.25) is 4.79 Å². The molecule has 126 valence electrons. The van der Waals surface area contributed by atoms with Gasteiger partial charge in [-0.2, -0.15) is 8.70 Å². The lowest BCUT2D eigenvalue weighted by Gasteiger charge is -2.43. The molecule has 2 rings (SSSR count). The number of halogens is 1. The Labute approximate surface area is 135 Å². The highest BCUT2D eigenvalue weighted by atomic mass is 32.2. The second-order valence-electron chi connectivity index (χ2n) is 6.67. The van der Waals surface area contributed by atoms with Gasteiger partial charge < -0.3 is 4.42 Å². The summed E-state index contributed by atoms with van der Waals surface area (Å²) in [4.78, 5) is 11.6. The molecule has 0 unspecified atom stereocenters. The molecule has 1 aromatic heterocycles. The maximum absolute atomic E-state index is 13.8. The van der Waals surface area contributed by atoms with Crippen LogP contribution in [0, 0.1) is 5.41 Å². The van der Waals surface area contributed by atoms with Crippen molar-refractivity contribution in [1.29, 1.82) is 0 Å². The lowest BCUT2D eigenvalue weighted by molar-refractivity contribution is -0.144. The van der Waals surface area contributed by atoms with Gasteiger partial charge in [-0.15, -0.1) is 0 Å². The third-order valence-electron chi connectivity index (χ3n) is 4.49. The first-order valence-electron chi connectivity index (χ1n) is 7.10. The van der Waals surface area contributed by atoms with E-state index in [1.807, 2.05) is 0 Å². The van der Waals surface area contributed by atoms with Crippen LogP contribution in [0.3, 0.4) is 0 Å². The average Bonchev–Trinajstić information content (AvgIpc) is 2.88. The Balaban J connectivity index is 2.59. The number of nitrogens with zero attached hydrogens (tertiary/aromatic N) is 1. The van der Waals surface area contributed by atoms with Crippen LogP contribution in [-0.4, -0.2) is 31.3 Å². The number of hydrogen-bond acceptors (Lipinski definition) is 4. The van der Waals surface area contributed by atoms with Gasteiger partial charge in [0, 0.05) is 18.5 Å². The van der Waals surface area contributed by atoms with Gasteiger partial charge in [0.25, 0.3) is 10.0 Å². The lowest BCUT2D eigenvalue weighted by atomic mass is 9.75. The number of fused-ring (bicyclic) bond motifs is 1. The largest absolute Gasteiger partial charge is 0.443 e. The first kappa shape index (κ1) is 17.6. The molecule has 0 bridgehead atoms. The van der Waals surface area contributed by atoms with Crippen LogP contribution in [0.25, 0.3) is 11.0 Å². The van der Waals surface area contributed by atoms with Crippen LogP contribution < -0.4 is 0 Å². The SMILES string of the molecule is CN([C@](C)(C(=O)F)C(C)(C)C)S(=O)(=O)c1cc2ccccc2o1. The first-order valence-corrected chi connectivity index (χ1v) is 8.54. The van der Waals surface area contributed by atoms with Crippen LogP contribution >= 0.6 is 0 Å². The summed E-state index contributed by atoms with van der Waals surface area (Å²) < 4.78 is 45.5. The summed E-state index contributed by atoms with van der Waals surface area (Å²) in [6.45, 7) is 6.09. The summed E-state index contributed by atoms with van der Waals surface area (Å²) >= 11 is 0. The third-order valence-corrected chi connectivity index (χ3v) is 6.29. The van der Waals surface area contributed by atoms with Crippen molar-refractivity contribution in [2.75, 3.05) is 7.05 Å². The maximum atomic E-state index is 13.8. The minimum Gasteiger partial charge on any atom is -0.443 e. The van der Waals surface area contributed by atoms with Gasteiger partial charge in [0.2, 0.25) is 5.09 Å². The van der Waals surface area contributed by atoms with Crippen molar-refractivity contribution in [2.24, 2.45) is 5.41 Å². The normalized spacial score (nSPS) is 15.8. The second-order valence-corrected chi connectivity index (χ2v) is 8.57. The van der Waals surface area contributed by atoms with Crippen LogP contribution in [0.4, 0.5) is 4.39 Å². The number of furan rings is 1. The highest BCUT2D eigenvalue weighted by molar-refractivity contribution is 7.89. The van der Waals surface area contributed by atoms with Crippen molar-refractivity contribution in [3.05, 3.63) is 30.3 Å². The summed E-state index contributed by atoms with van der Waals surface area (Å²) in [5.41, 5.74) is -2.40. The van der Waals surface area contributed by atoms with E-state index >= 15 is 0 Å². The average molecular weight is 341 g/mol. The third kappa shape index (κ3) is 2.68. The van der Waals surface area contributed by atoms with Crippen LogP contribution in [0.2, 0.25) is 0 Å². The summed E-state index contributed by atoms with van der Waals surface area (Å²) in [6, 6.07) is 6.47. The molecule has 0 radical (unpaired) electrons. The molecule has 7 heteroatoms. The standard InChI is InChI=1S/C16H20FNO4S/c1-15(2,3)16(4,14(17)19)18(5)23(20,21)13-10-11-8-6-7-9-12(11)22-13/h6-10H,1-5H3/t16-/m1/s1. The molecule has 23 heavy (non-hydrogen) atoms. The predicted octanol–water partition coefficient (Wildman–Crippen LogP) is 3.35. The van der Waals surface area contributed by atoms with Gasteiger partial charge in [-0.1, -0.05) is 39.0 Å². The number of benzene rings is 1. The summed E-state index contributed by atoms with van der Waals surface area (Å²) in [5.74, 6) is 0. The van der Waals surface area contributed by atoms with Crippen LogP contribution in [0.15, 0.2) is 39.8 Å². The molecule has 1 atom stereocenters. The highest BCUT2D eigenvalue weighted by Crippen LogP contribution is 2.39. The molecule has 0 aliphatic heterocycles. The van der Waals surface area contributed by atoms with Gasteiger partial charge in [-0.05, 0) is 18.4 Å². The van der Waals surface area contributed by atoms with Gasteiger partial charge in [0.15, 0.2) is 0 Å². The second kappa shape index (κ2) is 5.42. The Kier molecular flexibility index (Phi) is 4.15. The Morgan fingerprint density at radius 2 is 1.74 bits per heavy atom. The molecule has 1 aromatic carbocycles. The minimum atomic E-state index is -4.18. The smallest absolute Gasteiger partial charge is 0.322 e. The Bertz CT molecular complexity index is 817. The molecule has 5 nitrogen and oxygen atoms in total. The van der Waals surface area contributed by atoms with Gasteiger partial charge in [0.05, 0.1) is 0 Å². The van der Waals surface area contributed by atoms with E-state index in [0.717, 1.165) is 4.31 Å². The fourth-order valence-electron chi connectivity index (χ4n) is 2.35. The van der Waals surface area contributed by atoms with Gasteiger partial charge in [0.1, 0.15) is 11.1 Å². The number of sulfonamides is 1. The lowest BCUT2D eigenvalue weighted by Crippen LogP contribution is -2.59. The minimum absolute atomic E-state index is 0.321. The van der Waals surface area contributed by atoms with E-state index in [2.05, 4.69) is 0 Å². The molecule has 0 aliphatic carbocycles. The molecule has 0 saturated heterocycles. The van der Waals surface area contributed by atoms with E-state index in [1.54, 1.807) is 45.0 Å². The molecule has 0 aliphatic rings. The van der Waals surface area contributed by atoms with Crippen molar-refractivity contribution in [3.63, 3.8) is 0 Å².